The minimum Gasteiger partial charge on any atom is -0.490 e. The first-order valence-corrected chi connectivity index (χ1v) is 8.28. The van der Waals surface area contributed by atoms with Gasteiger partial charge in [-0.2, -0.15) is 0 Å². The fourth-order valence-electron chi connectivity index (χ4n) is 2.58. The van der Waals surface area contributed by atoms with Gasteiger partial charge in [0.05, 0.1) is 6.10 Å². The summed E-state index contributed by atoms with van der Waals surface area (Å²) in [5, 5.41) is 3.26. The third-order valence-electron chi connectivity index (χ3n) is 3.75. The van der Waals surface area contributed by atoms with Gasteiger partial charge >= 0.3 is 0 Å². The first-order chi connectivity index (χ1) is 10.1. The number of rotatable bonds is 10. The molecule has 3 heteroatoms. The normalized spacial score (nSPS) is 14.0. The quantitative estimate of drug-likeness (QED) is 0.596. The minimum absolute atomic E-state index is 0.0431. The molecule has 0 heterocycles. The summed E-state index contributed by atoms with van der Waals surface area (Å²) in [6.07, 6.45) is 6.07. The Morgan fingerprint density at radius 3 is 2.57 bits per heavy atom. The van der Waals surface area contributed by atoms with Gasteiger partial charge in [0.15, 0.2) is 0 Å². The molecule has 1 N–H and O–H groups in total. The highest BCUT2D eigenvalue weighted by atomic mass is 19.1. The van der Waals surface area contributed by atoms with Crippen LogP contribution < -0.4 is 10.1 Å². The van der Waals surface area contributed by atoms with Crippen LogP contribution in [-0.2, 0) is 0 Å². The van der Waals surface area contributed by atoms with Gasteiger partial charge in [0.1, 0.15) is 11.6 Å². The Morgan fingerprint density at radius 1 is 1.14 bits per heavy atom. The van der Waals surface area contributed by atoms with Crippen molar-refractivity contribution in [3.8, 4) is 5.75 Å². The van der Waals surface area contributed by atoms with Crippen molar-refractivity contribution in [2.75, 3.05) is 6.54 Å². The molecule has 2 nitrogen and oxygen atoms in total. The lowest BCUT2D eigenvalue weighted by Gasteiger charge is -2.21. The van der Waals surface area contributed by atoms with Gasteiger partial charge in [0.25, 0.3) is 0 Å². The summed E-state index contributed by atoms with van der Waals surface area (Å²) in [5.74, 6) is 0.477. The Balaban J connectivity index is 2.67. The highest BCUT2D eigenvalue weighted by Gasteiger charge is 2.17. The molecule has 2 unspecified atom stereocenters. The van der Waals surface area contributed by atoms with E-state index in [0.29, 0.717) is 11.3 Å². The fraction of sp³-hybridized carbons (Fsp3) is 0.667. The summed E-state index contributed by atoms with van der Waals surface area (Å²) >= 11 is 0. The van der Waals surface area contributed by atoms with E-state index in [9.17, 15) is 4.39 Å². The van der Waals surface area contributed by atoms with Crippen LogP contribution in [0.25, 0.3) is 0 Å². The number of halogens is 1. The molecule has 0 saturated heterocycles. The monoisotopic (exact) mass is 295 g/mol. The van der Waals surface area contributed by atoms with E-state index in [1.54, 1.807) is 6.07 Å². The summed E-state index contributed by atoms with van der Waals surface area (Å²) in [5.41, 5.74) is 0.639. The van der Waals surface area contributed by atoms with Crippen molar-refractivity contribution < 1.29 is 9.13 Å². The number of hydrogen-bond acceptors (Lipinski definition) is 2. The van der Waals surface area contributed by atoms with Gasteiger partial charge in [0.2, 0.25) is 0 Å². The lowest BCUT2D eigenvalue weighted by Crippen LogP contribution is -2.21. The Labute approximate surface area is 129 Å². The molecule has 1 aromatic carbocycles. The van der Waals surface area contributed by atoms with Crippen molar-refractivity contribution >= 4 is 0 Å². The lowest BCUT2D eigenvalue weighted by molar-refractivity contribution is 0.202. The Hall–Kier alpha value is -1.09. The van der Waals surface area contributed by atoms with Crippen molar-refractivity contribution in [1.29, 1.82) is 0 Å². The van der Waals surface area contributed by atoms with E-state index in [-0.39, 0.29) is 18.0 Å². The van der Waals surface area contributed by atoms with Crippen molar-refractivity contribution in [2.45, 2.75) is 71.9 Å². The maximum atomic E-state index is 14.1. The van der Waals surface area contributed by atoms with Crippen molar-refractivity contribution in [2.24, 2.45) is 0 Å². The Bertz CT molecular complexity index is 408. The molecule has 0 aromatic heterocycles. The van der Waals surface area contributed by atoms with Gasteiger partial charge in [-0.15, -0.1) is 0 Å². The van der Waals surface area contributed by atoms with Crippen LogP contribution in [0.5, 0.6) is 5.75 Å². The van der Waals surface area contributed by atoms with Crippen LogP contribution in [0.1, 0.15) is 71.4 Å². The predicted molar refractivity (Wildman–Crippen MR) is 87.3 cm³/mol. The summed E-state index contributed by atoms with van der Waals surface area (Å²) in [7, 11) is 0. The molecule has 0 aliphatic carbocycles. The van der Waals surface area contributed by atoms with Gasteiger partial charge in [-0.1, -0.05) is 39.2 Å². The highest BCUT2D eigenvalue weighted by molar-refractivity contribution is 5.37. The zero-order valence-electron chi connectivity index (χ0n) is 13.9. The topological polar surface area (TPSA) is 21.3 Å². The Morgan fingerprint density at radius 2 is 1.90 bits per heavy atom. The molecule has 2 atom stereocenters. The van der Waals surface area contributed by atoms with E-state index in [1.807, 2.05) is 19.9 Å². The van der Waals surface area contributed by atoms with E-state index in [1.165, 1.54) is 31.7 Å². The van der Waals surface area contributed by atoms with Gasteiger partial charge in [0, 0.05) is 11.6 Å². The van der Waals surface area contributed by atoms with Gasteiger partial charge in [-0.05, 0) is 45.4 Å². The molecule has 0 spiro atoms. The fourth-order valence-corrected chi connectivity index (χ4v) is 2.58. The second-order valence-corrected chi connectivity index (χ2v) is 5.71. The smallest absolute Gasteiger partial charge is 0.131 e. The van der Waals surface area contributed by atoms with E-state index < -0.39 is 0 Å². The molecule has 120 valence electrons. The van der Waals surface area contributed by atoms with Crippen LogP contribution >= 0.6 is 0 Å². The van der Waals surface area contributed by atoms with E-state index in [4.69, 9.17) is 4.74 Å². The molecular weight excluding hydrogens is 265 g/mol. The van der Waals surface area contributed by atoms with E-state index in [0.717, 1.165) is 13.0 Å². The van der Waals surface area contributed by atoms with Crippen LogP contribution in [0.3, 0.4) is 0 Å². The molecule has 0 amide bonds. The largest absolute Gasteiger partial charge is 0.490 e. The number of nitrogens with one attached hydrogen (secondary N) is 1. The molecule has 0 radical (unpaired) electrons. The van der Waals surface area contributed by atoms with Crippen molar-refractivity contribution in [3.63, 3.8) is 0 Å². The maximum Gasteiger partial charge on any atom is 0.131 e. The lowest BCUT2D eigenvalue weighted by atomic mass is 10.1. The summed E-state index contributed by atoms with van der Waals surface area (Å²) in [4.78, 5) is 0. The summed E-state index contributed by atoms with van der Waals surface area (Å²) in [6, 6.07) is 5.05. The molecule has 0 saturated carbocycles. The van der Waals surface area contributed by atoms with Gasteiger partial charge < -0.3 is 10.1 Å². The predicted octanol–water partition coefficient (Wildman–Crippen LogP) is 5.23. The zero-order chi connectivity index (χ0) is 15.7. The van der Waals surface area contributed by atoms with Gasteiger partial charge in [-0.3, -0.25) is 0 Å². The molecule has 1 aromatic rings. The minimum atomic E-state index is -0.195. The third-order valence-corrected chi connectivity index (χ3v) is 3.75. The highest BCUT2D eigenvalue weighted by Crippen LogP contribution is 2.29. The molecule has 0 fully saturated rings. The molecule has 0 aliphatic heterocycles. The standard InChI is InChI=1S/C18H30FNO/c1-5-7-8-9-11-14(3)21-17-13-10-12-16(19)18(17)15(4)20-6-2/h10,12-15,20H,5-9,11H2,1-4H3. The van der Waals surface area contributed by atoms with E-state index in [2.05, 4.69) is 19.2 Å². The summed E-state index contributed by atoms with van der Waals surface area (Å²) in [6.45, 7) is 9.08. The zero-order valence-corrected chi connectivity index (χ0v) is 13.9. The molecule has 0 bridgehead atoms. The number of hydrogen-bond donors (Lipinski definition) is 1. The number of unbranched alkanes of at least 4 members (excludes halogenated alkanes) is 3. The molecular formula is C18H30FNO. The van der Waals surface area contributed by atoms with Crippen molar-refractivity contribution in [1.82, 2.24) is 5.32 Å². The maximum absolute atomic E-state index is 14.1. The Kier molecular flexibility index (Phi) is 8.36. The van der Waals surface area contributed by atoms with Crippen LogP contribution in [-0.4, -0.2) is 12.6 Å². The van der Waals surface area contributed by atoms with E-state index >= 15 is 0 Å². The summed E-state index contributed by atoms with van der Waals surface area (Å²) < 4.78 is 20.1. The van der Waals surface area contributed by atoms with Gasteiger partial charge in [-0.25, -0.2) is 4.39 Å². The molecule has 0 aliphatic rings. The van der Waals surface area contributed by atoms with Crippen LogP contribution in [0, 0.1) is 5.82 Å². The number of benzene rings is 1. The first kappa shape index (κ1) is 18.0. The van der Waals surface area contributed by atoms with Crippen LogP contribution in [0.4, 0.5) is 4.39 Å². The average molecular weight is 295 g/mol. The SMILES string of the molecule is CCCCCCC(C)Oc1cccc(F)c1C(C)NCC. The first-order valence-electron chi connectivity index (χ1n) is 8.28. The number of ether oxygens (including phenoxy) is 1. The van der Waals surface area contributed by atoms with Crippen molar-refractivity contribution in [3.05, 3.63) is 29.6 Å². The second kappa shape index (κ2) is 9.78. The average Bonchev–Trinajstić information content (AvgIpc) is 2.44. The third kappa shape index (κ3) is 6.04. The van der Waals surface area contributed by atoms with Crippen LogP contribution in [0.15, 0.2) is 18.2 Å². The molecule has 21 heavy (non-hydrogen) atoms. The molecule has 1 rings (SSSR count). The second-order valence-electron chi connectivity index (χ2n) is 5.71. The van der Waals surface area contributed by atoms with Crippen LogP contribution in [0.2, 0.25) is 0 Å².